The molecule has 2 fully saturated rings. The highest BCUT2D eigenvalue weighted by Crippen LogP contribution is 2.28. The molecule has 36 heavy (non-hydrogen) atoms. The summed E-state index contributed by atoms with van der Waals surface area (Å²) in [6.45, 7) is 13.2. The van der Waals surface area contributed by atoms with Crippen LogP contribution in [-0.2, 0) is 9.47 Å². The third-order valence-electron chi connectivity index (χ3n) is 7.26. The third kappa shape index (κ3) is 6.49. The molecule has 4 rings (SSSR count). The number of anilines is 1. The van der Waals surface area contributed by atoms with Gasteiger partial charge in [-0.15, -0.1) is 0 Å². The van der Waals surface area contributed by atoms with Gasteiger partial charge in [0.05, 0.1) is 37.7 Å². The fraction of sp³-hybridized carbons (Fsp3) is 0.704. The lowest BCUT2D eigenvalue weighted by atomic mass is 10.0. The van der Waals surface area contributed by atoms with Gasteiger partial charge >= 0.3 is 6.09 Å². The Hall–Kier alpha value is -2.36. The van der Waals surface area contributed by atoms with E-state index in [1.54, 1.807) is 11.8 Å². The van der Waals surface area contributed by atoms with Crippen molar-refractivity contribution in [2.24, 2.45) is 0 Å². The molecule has 1 amide bonds. The van der Waals surface area contributed by atoms with Crippen molar-refractivity contribution in [3.63, 3.8) is 0 Å². The second kappa shape index (κ2) is 12.3. The van der Waals surface area contributed by atoms with Crippen LogP contribution in [0.15, 0.2) is 18.5 Å². The molecule has 0 saturated carbocycles. The Balaban J connectivity index is 1.31. The predicted molar refractivity (Wildman–Crippen MR) is 141 cm³/mol. The van der Waals surface area contributed by atoms with Gasteiger partial charge in [0.1, 0.15) is 0 Å². The van der Waals surface area contributed by atoms with Crippen molar-refractivity contribution in [1.29, 1.82) is 0 Å². The molecule has 2 atom stereocenters. The summed E-state index contributed by atoms with van der Waals surface area (Å²) in [6.07, 6.45) is 7.14. The molecule has 0 aliphatic carbocycles. The van der Waals surface area contributed by atoms with Crippen molar-refractivity contribution in [3.05, 3.63) is 29.7 Å². The van der Waals surface area contributed by atoms with Gasteiger partial charge < -0.3 is 34.1 Å². The van der Waals surface area contributed by atoms with Gasteiger partial charge in [-0.2, -0.15) is 0 Å². The van der Waals surface area contributed by atoms with Gasteiger partial charge in [-0.3, -0.25) is 0 Å². The summed E-state index contributed by atoms with van der Waals surface area (Å²) in [5.41, 5.74) is 3.91. The van der Waals surface area contributed by atoms with Crippen molar-refractivity contribution in [1.82, 2.24) is 19.2 Å². The predicted octanol–water partition coefficient (Wildman–Crippen LogP) is 4.02. The normalized spacial score (nSPS) is 20.7. The van der Waals surface area contributed by atoms with Crippen molar-refractivity contribution >= 4 is 17.4 Å². The van der Waals surface area contributed by atoms with E-state index in [1.807, 2.05) is 18.5 Å². The van der Waals surface area contributed by atoms with Gasteiger partial charge in [-0.1, -0.05) is 27.2 Å². The number of rotatable bonds is 9. The lowest BCUT2D eigenvalue weighted by Crippen LogP contribution is -2.51. The Morgan fingerprint density at radius 1 is 1.28 bits per heavy atom. The minimum absolute atomic E-state index is 0.0173. The molecule has 2 aromatic rings. The zero-order valence-electron chi connectivity index (χ0n) is 22.3. The standard InChI is InChI=1S/C27H43N5O4/c1-5-6-12-36-27(34)31-11-13-35-23(18-31)17-30-9-7-22(8-10-30)29-24-14-21(20(4)33)16-32-25(19(2)3)15-28-26(24)32/h14-16,19-20,22-23,29,33H,5-13,17-18H2,1-4H3/t20?,23-/m1/s1. The van der Waals surface area contributed by atoms with Gasteiger partial charge in [-0.05, 0) is 43.7 Å². The number of carbonyl (C=O) groups is 1. The summed E-state index contributed by atoms with van der Waals surface area (Å²) in [7, 11) is 0. The average Bonchev–Trinajstić information content (AvgIpc) is 3.30. The SMILES string of the molecule is CCCCOC(=O)N1CCO[C@H](CN2CCC(Nc3cc(C(C)O)cn4c(C(C)C)cnc34)CC2)C1. The van der Waals surface area contributed by atoms with Gasteiger partial charge in [-0.25, -0.2) is 9.78 Å². The quantitative estimate of drug-likeness (QED) is 0.502. The van der Waals surface area contributed by atoms with E-state index in [1.165, 1.54) is 0 Å². The minimum atomic E-state index is -0.543. The van der Waals surface area contributed by atoms with Crippen LogP contribution < -0.4 is 5.32 Å². The smallest absolute Gasteiger partial charge is 0.409 e. The number of morpholine rings is 1. The minimum Gasteiger partial charge on any atom is -0.449 e. The van der Waals surface area contributed by atoms with E-state index < -0.39 is 6.10 Å². The van der Waals surface area contributed by atoms with Crippen LogP contribution in [0.2, 0.25) is 0 Å². The highest BCUT2D eigenvalue weighted by Gasteiger charge is 2.29. The summed E-state index contributed by atoms with van der Waals surface area (Å²) in [5, 5.41) is 14.0. The van der Waals surface area contributed by atoms with Gasteiger partial charge in [0, 0.05) is 50.3 Å². The van der Waals surface area contributed by atoms with E-state index >= 15 is 0 Å². The molecular formula is C27H43N5O4. The Kier molecular flexibility index (Phi) is 9.09. The largest absolute Gasteiger partial charge is 0.449 e. The topological polar surface area (TPSA) is 91.6 Å². The van der Waals surface area contributed by atoms with Crippen molar-refractivity contribution in [3.8, 4) is 0 Å². The number of pyridine rings is 1. The number of aliphatic hydroxyl groups is 1. The maximum atomic E-state index is 12.3. The van der Waals surface area contributed by atoms with E-state index in [2.05, 4.69) is 35.4 Å². The summed E-state index contributed by atoms with van der Waals surface area (Å²) in [5.74, 6) is 0.344. The molecule has 2 N–H and O–H groups in total. The Labute approximate surface area is 214 Å². The fourth-order valence-corrected chi connectivity index (χ4v) is 5.05. The number of hydrogen-bond donors (Lipinski definition) is 2. The summed E-state index contributed by atoms with van der Waals surface area (Å²) in [6, 6.07) is 2.37. The number of unbranched alkanes of at least 4 members (excludes halogenated alkanes) is 1. The van der Waals surface area contributed by atoms with E-state index in [0.717, 1.165) is 67.9 Å². The van der Waals surface area contributed by atoms with E-state index in [-0.39, 0.29) is 12.2 Å². The van der Waals surface area contributed by atoms with Gasteiger partial charge in [0.25, 0.3) is 0 Å². The van der Waals surface area contributed by atoms with Crippen LogP contribution in [0.4, 0.5) is 10.5 Å². The number of carbonyl (C=O) groups excluding carboxylic acids is 1. The molecule has 9 nitrogen and oxygen atoms in total. The van der Waals surface area contributed by atoms with Crippen LogP contribution in [0.5, 0.6) is 0 Å². The first kappa shape index (κ1) is 26.7. The number of likely N-dealkylation sites (tertiary alicyclic amines) is 1. The van der Waals surface area contributed by atoms with Crippen LogP contribution in [-0.4, -0.2) is 88.5 Å². The highest BCUT2D eigenvalue weighted by atomic mass is 16.6. The number of nitrogens with one attached hydrogen (secondary N) is 1. The van der Waals surface area contributed by atoms with Gasteiger partial charge in [0.2, 0.25) is 0 Å². The Morgan fingerprint density at radius 3 is 2.75 bits per heavy atom. The van der Waals surface area contributed by atoms with Crippen molar-refractivity contribution in [2.45, 2.75) is 77.5 Å². The molecule has 0 spiro atoms. The molecule has 0 bridgehead atoms. The lowest BCUT2D eigenvalue weighted by Gasteiger charge is -2.38. The average molecular weight is 502 g/mol. The summed E-state index contributed by atoms with van der Waals surface area (Å²) >= 11 is 0. The van der Waals surface area contributed by atoms with E-state index in [0.29, 0.717) is 38.3 Å². The fourth-order valence-electron chi connectivity index (χ4n) is 5.05. The third-order valence-corrected chi connectivity index (χ3v) is 7.26. The number of aliphatic hydroxyl groups excluding tert-OH is 1. The number of ether oxygens (including phenoxy) is 2. The first-order valence-corrected chi connectivity index (χ1v) is 13.6. The molecule has 4 heterocycles. The summed E-state index contributed by atoms with van der Waals surface area (Å²) < 4.78 is 13.5. The number of piperidine rings is 1. The number of aromatic nitrogens is 2. The molecule has 1 unspecified atom stereocenters. The highest BCUT2D eigenvalue weighted by molar-refractivity contribution is 5.70. The second-order valence-electron chi connectivity index (χ2n) is 10.5. The van der Waals surface area contributed by atoms with Crippen LogP contribution in [0, 0.1) is 0 Å². The number of nitrogens with zero attached hydrogens (tertiary/aromatic N) is 4. The maximum Gasteiger partial charge on any atom is 0.409 e. The molecule has 0 aromatic carbocycles. The zero-order valence-corrected chi connectivity index (χ0v) is 22.3. The number of hydrogen-bond acceptors (Lipinski definition) is 7. The van der Waals surface area contributed by atoms with Crippen molar-refractivity contribution < 1.29 is 19.4 Å². The molecular weight excluding hydrogens is 458 g/mol. The molecule has 200 valence electrons. The van der Waals surface area contributed by atoms with Crippen LogP contribution in [0.25, 0.3) is 5.65 Å². The number of fused-ring (bicyclic) bond motifs is 1. The first-order valence-electron chi connectivity index (χ1n) is 13.6. The Morgan fingerprint density at radius 2 is 2.06 bits per heavy atom. The van der Waals surface area contributed by atoms with Crippen LogP contribution >= 0.6 is 0 Å². The number of amides is 1. The Bertz CT molecular complexity index is 999. The van der Waals surface area contributed by atoms with E-state index in [4.69, 9.17) is 14.5 Å². The second-order valence-corrected chi connectivity index (χ2v) is 10.5. The maximum absolute atomic E-state index is 12.3. The molecule has 2 aliphatic rings. The molecule has 0 radical (unpaired) electrons. The monoisotopic (exact) mass is 501 g/mol. The van der Waals surface area contributed by atoms with Crippen LogP contribution in [0.1, 0.15) is 76.7 Å². The molecule has 9 heteroatoms. The van der Waals surface area contributed by atoms with Crippen molar-refractivity contribution in [2.75, 3.05) is 51.3 Å². The summed E-state index contributed by atoms with van der Waals surface area (Å²) in [4.78, 5) is 21.2. The molecule has 2 aromatic heterocycles. The van der Waals surface area contributed by atoms with E-state index in [9.17, 15) is 9.90 Å². The van der Waals surface area contributed by atoms with Crippen LogP contribution in [0.3, 0.4) is 0 Å². The number of imidazole rings is 1. The van der Waals surface area contributed by atoms with Gasteiger partial charge in [0.15, 0.2) is 5.65 Å². The zero-order chi connectivity index (χ0) is 25.7. The lowest BCUT2D eigenvalue weighted by molar-refractivity contribution is -0.0430. The molecule has 2 aliphatic heterocycles. The first-order chi connectivity index (χ1) is 17.4. The molecule has 2 saturated heterocycles.